The van der Waals surface area contributed by atoms with Gasteiger partial charge in [-0.15, -0.1) is 11.3 Å². The van der Waals surface area contributed by atoms with E-state index in [9.17, 15) is 0 Å². The van der Waals surface area contributed by atoms with Gasteiger partial charge in [-0.05, 0) is 42.6 Å². The third kappa shape index (κ3) is 4.46. The van der Waals surface area contributed by atoms with Crippen LogP contribution in [0.2, 0.25) is 0 Å². The summed E-state index contributed by atoms with van der Waals surface area (Å²) in [6, 6.07) is 6.12. The van der Waals surface area contributed by atoms with E-state index in [4.69, 9.17) is 5.11 Å². The van der Waals surface area contributed by atoms with Gasteiger partial charge in [0, 0.05) is 35.9 Å². The molecule has 0 aliphatic rings. The number of rotatable bonds is 5. The number of aromatic nitrogens is 1. The highest BCUT2D eigenvalue weighted by Crippen LogP contribution is 2.17. The van der Waals surface area contributed by atoms with Crippen molar-refractivity contribution in [2.24, 2.45) is 0 Å². The molecule has 2 aromatic rings. The van der Waals surface area contributed by atoms with Gasteiger partial charge in [0.25, 0.3) is 0 Å². The fourth-order valence-corrected chi connectivity index (χ4v) is 2.81. The van der Waals surface area contributed by atoms with Crippen molar-refractivity contribution in [2.75, 3.05) is 20.2 Å². The van der Waals surface area contributed by atoms with Crippen LogP contribution in [0, 0.1) is 11.8 Å². The van der Waals surface area contributed by atoms with Crippen LogP contribution >= 0.6 is 11.3 Å². The van der Waals surface area contributed by atoms with Gasteiger partial charge in [0.1, 0.15) is 6.61 Å². The molecular formula is C16H18N2OS. The molecule has 0 unspecified atom stereocenters. The SMILES string of the molecule is CN(CCc1ccncc1)Cc1sccc1C#CCO. The molecule has 0 aliphatic heterocycles. The Kier molecular flexibility index (Phi) is 5.75. The molecule has 0 radical (unpaired) electrons. The highest BCUT2D eigenvalue weighted by molar-refractivity contribution is 7.10. The van der Waals surface area contributed by atoms with E-state index < -0.39 is 0 Å². The summed E-state index contributed by atoms with van der Waals surface area (Å²) >= 11 is 1.71. The van der Waals surface area contributed by atoms with E-state index >= 15 is 0 Å². The predicted octanol–water partition coefficient (Wildman–Crippen LogP) is 2.16. The van der Waals surface area contributed by atoms with E-state index in [2.05, 4.69) is 40.9 Å². The second-order valence-corrected chi connectivity index (χ2v) is 5.56. The average molecular weight is 286 g/mol. The second kappa shape index (κ2) is 7.81. The summed E-state index contributed by atoms with van der Waals surface area (Å²) < 4.78 is 0. The summed E-state index contributed by atoms with van der Waals surface area (Å²) in [6.45, 7) is 1.79. The van der Waals surface area contributed by atoms with Crippen LogP contribution in [0.5, 0.6) is 0 Å². The third-order valence-electron chi connectivity index (χ3n) is 2.99. The predicted molar refractivity (Wildman–Crippen MR) is 82.6 cm³/mol. The molecule has 0 spiro atoms. The van der Waals surface area contributed by atoms with Crippen molar-refractivity contribution in [2.45, 2.75) is 13.0 Å². The van der Waals surface area contributed by atoms with Crippen LogP contribution in [0.1, 0.15) is 16.0 Å². The van der Waals surface area contributed by atoms with Gasteiger partial charge in [0.2, 0.25) is 0 Å². The Balaban J connectivity index is 1.88. The van der Waals surface area contributed by atoms with Gasteiger partial charge in [-0.2, -0.15) is 0 Å². The summed E-state index contributed by atoms with van der Waals surface area (Å²) in [5.74, 6) is 5.71. The van der Waals surface area contributed by atoms with Crippen LogP contribution in [0.25, 0.3) is 0 Å². The topological polar surface area (TPSA) is 36.4 Å². The maximum absolute atomic E-state index is 8.76. The lowest BCUT2D eigenvalue weighted by Gasteiger charge is -2.15. The zero-order valence-electron chi connectivity index (χ0n) is 11.5. The van der Waals surface area contributed by atoms with Crippen LogP contribution in [-0.4, -0.2) is 35.2 Å². The number of hydrogen-bond acceptors (Lipinski definition) is 4. The summed E-state index contributed by atoms with van der Waals surface area (Å²) in [4.78, 5) is 7.57. The molecule has 0 saturated heterocycles. The molecule has 0 saturated carbocycles. The lowest BCUT2D eigenvalue weighted by atomic mass is 10.2. The van der Waals surface area contributed by atoms with E-state index in [0.717, 1.165) is 25.1 Å². The maximum atomic E-state index is 8.76. The smallest absolute Gasteiger partial charge is 0.104 e. The van der Waals surface area contributed by atoms with Gasteiger partial charge >= 0.3 is 0 Å². The zero-order chi connectivity index (χ0) is 14.2. The minimum Gasteiger partial charge on any atom is -0.384 e. The number of hydrogen-bond donors (Lipinski definition) is 1. The van der Waals surface area contributed by atoms with Gasteiger partial charge in [-0.1, -0.05) is 11.8 Å². The normalized spacial score (nSPS) is 10.3. The first kappa shape index (κ1) is 14.7. The molecule has 4 heteroatoms. The molecule has 2 aromatic heterocycles. The Morgan fingerprint density at radius 1 is 1.30 bits per heavy atom. The van der Waals surface area contributed by atoms with Crippen molar-refractivity contribution < 1.29 is 5.11 Å². The molecule has 0 amide bonds. The molecule has 2 heterocycles. The summed E-state index contributed by atoms with van der Waals surface area (Å²) in [7, 11) is 2.12. The Labute approximate surface area is 123 Å². The summed E-state index contributed by atoms with van der Waals surface area (Å²) in [5.41, 5.74) is 2.33. The quantitative estimate of drug-likeness (QED) is 0.856. The van der Waals surface area contributed by atoms with E-state index in [1.807, 2.05) is 23.8 Å². The zero-order valence-corrected chi connectivity index (χ0v) is 12.4. The number of aliphatic hydroxyl groups is 1. The molecule has 20 heavy (non-hydrogen) atoms. The van der Waals surface area contributed by atoms with Crippen LogP contribution in [0.15, 0.2) is 36.0 Å². The maximum Gasteiger partial charge on any atom is 0.104 e. The Morgan fingerprint density at radius 3 is 2.85 bits per heavy atom. The van der Waals surface area contributed by atoms with Crippen molar-refractivity contribution in [3.63, 3.8) is 0 Å². The van der Waals surface area contributed by atoms with Crippen LogP contribution in [-0.2, 0) is 13.0 Å². The van der Waals surface area contributed by atoms with E-state index in [1.165, 1.54) is 10.4 Å². The van der Waals surface area contributed by atoms with Gasteiger partial charge in [0.15, 0.2) is 0 Å². The van der Waals surface area contributed by atoms with Gasteiger partial charge in [-0.25, -0.2) is 0 Å². The van der Waals surface area contributed by atoms with E-state index in [0.29, 0.717) is 0 Å². The molecule has 3 nitrogen and oxygen atoms in total. The molecule has 0 aromatic carbocycles. The van der Waals surface area contributed by atoms with Gasteiger partial charge < -0.3 is 10.0 Å². The molecule has 0 fully saturated rings. The standard InChI is InChI=1S/C16H18N2OS/c1-18(10-6-14-4-8-17-9-5-14)13-16-15(3-2-11-19)7-12-20-16/h4-5,7-9,12,19H,6,10-11,13H2,1H3. The Hall–Kier alpha value is -1.67. The largest absolute Gasteiger partial charge is 0.384 e. The summed E-state index contributed by atoms with van der Waals surface area (Å²) in [5, 5.41) is 10.8. The number of thiophene rings is 1. The van der Waals surface area contributed by atoms with Crippen molar-refractivity contribution in [3.8, 4) is 11.8 Å². The fraction of sp³-hybridized carbons (Fsp3) is 0.312. The monoisotopic (exact) mass is 286 g/mol. The van der Waals surface area contributed by atoms with Crippen LogP contribution in [0.3, 0.4) is 0 Å². The van der Waals surface area contributed by atoms with E-state index in [1.54, 1.807) is 11.3 Å². The number of pyridine rings is 1. The van der Waals surface area contributed by atoms with Crippen molar-refractivity contribution in [3.05, 3.63) is 52.0 Å². The van der Waals surface area contributed by atoms with Crippen molar-refractivity contribution >= 4 is 11.3 Å². The van der Waals surface area contributed by atoms with Gasteiger partial charge in [0.05, 0.1) is 0 Å². The minimum absolute atomic E-state index is 0.0901. The third-order valence-corrected chi connectivity index (χ3v) is 3.90. The van der Waals surface area contributed by atoms with Crippen molar-refractivity contribution in [1.29, 1.82) is 0 Å². The van der Waals surface area contributed by atoms with Gasteiger partial charge in [-0.3, -0.25) is 4.98 Å². The Morgan fingerprint density at radius 2 is 2.10 bits per heavy atom. The highest BCUT2D eigenvalue weighted by atomic mass is 32.1. The first-order chi connectivity index (χ1) is 9.79. The second-order valence-electron chi connectivity index (χ2n) is 4.56. The number of nitrogens with zero attached hydrogens (tertiary/aromatic N) is 2. The molecule has 0 atom stereocenters. The van der Waals surface area contributed by atoms with E-state index in [-0.39, 0.29) is 6.61 Å². The molecule has 104 valence electrons. The molecule has 1 N–H and O–H groups in total. The van der Waals surface area contributed by atoms with Crippen molar-refractivity contribution in [1.82, 2.24) is 9.88 Å². The van der Waals surface area contributed by atoms with Crippen LogP contribution in [0.4, 0.5) is 0 Å². The Bertz CT molecular complexity index is 583. The minimum atomic E-state index is -0.0901. The first-order valence-corrected chi connectivity index (χ1v) is 7.41. The first-order valence-electron chi connectivity index (χ1n) is 6.53. The molecular weight excluding hydrogens is 268 g/mol. The summed E-state index contributed by atoms with van der Waals surface area (Å²) in [6.07, 6.45) is 4.68. The average Bonchev–Trinajstić information content (AvgIpc) is 2.91. The molecule has 0 bridgehead atoms. The highest BCUT2D eigenvalue weighted by Gasteiger charge is 2.06. The molecule has 2 rings (SSSR count). The lowest BCUT2D eigenvalue weighted by Crippen LogP contribution is -2.20. The molecule has 0 aliphatic carbocycles. The van der Waals surface area contributed by atoms with Crippen LogP contribution < -0.4 is 0 Å². The number of likely N-dealkylation sites (N-methyl/N-ethyl adjacent to an activating group) is 1. The lowest BCUT2D eigenvalue weighted by molar-refractivity contribution is 0.334. The number of aliphatic hydroxyl groups excluding tert-OH is 1. The fourth-order valence-electron chi connectivity index (χ4n) is 1.90.